The van der Waals surface area contributed by atoms with Gasteiger partial charge in [0, 0.05) is 19.4 Å². The number of carbonyl (C=O) groups excluding carboxylic acids is 1. The number of imidazole rings is 1. The van der Waals surface area contributed by atoms with E-state index in [0.717, 1.165) is 11.0 Å². The molecule has 0 atom stereocenters. The molecule has 0 unspecified atom stereocenters. The SMILES string of the molecule is C=CCOC(=O)N(C)S(=O)(=O)n1ccnc1CNC. The van der Waals surface area contributed by atoms with Crippen molar-refractivity contribution in [2.45, 2.75) is 6.54 Å². The van der Waals surface area contributed by atoms with Crippen LogP contribution in [-0.2, 0) is 21.5 Å². The van der Waals surface area contributed by atoms with Gasteiger partial charge in [-0.2, -0.15) is 12.7 Å². The summed E-state index contributed by atoms with van der Waals surface area (Å²) in [6.07, 6.45) is 2.97. The molecule has 0 aliphatic rings. The van der Waals surface area contributed by atoms with E-state index in [9.17, 15) is 13.2 Å². The van der Waals surface area contributed by atoms with Gasteiger partial charge in [0.2, 0.25) is 0 Å². The van der Waals surface area contributed by atoms with E-state index >= 15 is 0 Å². The first-order chi connectivity index (χ1) is 8.95. The Morgan fingerprint density at radius 3 is 2.95 bits per heavy atom. The van der Waals surface area contributed by atoms with Crippen LogP contribution in [-0.4, -0.2) is 48.5 Å². The van der Waals surface area contributed by atoms with Crippen molar-refractivity contribution in [3.63, 3.8) is 0 Å². The number of aromatic nitrogens is 2. The van der Waals surface area contributed by atoms with Crippen molar-refractivity contribution in [2.24, 2.45) is 0 Å². The van der Waals surface area contributed by atoms with Crippen LogP contribution >= 0.6 is 0 Å². The Morgan fingerprint density at radius 2 is 2.37 bits per heavy atom. The number of ether oxygens (including phenoxy) is 1. The first-order valence-electron chi connectivity index (χ1n) is 5.39. The van der Waals surface area contributed by atoms with Crippen LogP contribution in [0.1, 0.15) is 5.82 Å². The summed E-state index contributed by atoms with van der Waals surface area (Å²) < 4.78 is 30.5. The van der Waals surface area contributed by atoms with E-state index in [1.165, 1.54) is 18.5 Å². The highest BCUT2D eigenvalue weighted by Gasteiger charge is 2.28. The molecule has 1 amide bonds. The van der Waals surface area contributed by atoms with Gasteiger partial charge in [-0.15, -0.1) is 0 Å². The zero-order valence-corrected chi connectivity index (χ0v) is 11.6. The maximum Gasteiger partial charge on any atom is 0.425 e. The number of nitrogens with zero attached hydrogens (tertiary/aromatic N) is 3. The fourth-order valence-electron chi connectivity index (χ4n) is 1.26. The third kappa shape index (κ3) is 3.32. The van der Waals surface area contributed by atoms with E-state index in [1.807, 2.05) is 0 Å². The fourth-order valence-corrected chi connectivity index (χ4v) is 2.35. The van der Waals surface area contributed by atoms with Crippen molar-refractivity contribution in [3.05, 3.63) is 30.9 Å². The Hall–Kier alpha value is -1.87. The summed E-state index contributed by atoms with van der Waals surface area (Å²) in [7, 11) is -1.26. The molecule has 1 aromatic heterocycles. The normalized spacial score (nSPS) is 11.1. The second kappa shape index (κ2) is 6.34. The standard InChI is InChI=1S/C10H16N4O4S/c1-4-7-18-10(15)13(3)19(16,17)14-6-5-12-9(14)8-11-2/h4-6,11H,1,7-8H2,2-3H3. The first kappa shape index (κ1) is 15.2. The van der Waals surface area contributed by atoms with Gasteiger partial charge in [-0.3, -0.25) is 0 Å². The highest BCUT2D eigenvalue weighted by Crippen LogP contribution is 2.09. The Morgan fingerprint density at radius 1 is 1.68 bits per heavy atom. The van der Waals surface area contributed by atoms with Crippen molar-refractivity contribution in [2.75, 3.05) is 20.7 Å². The molecule has 0 saturated carbocycles. The minimum Gasteiger partial charge on any atom is -0.444 e. The van der Waals surface area contributed by atoms with E-state index in [2.05, 4.69) is 21.6 Å². The van der Waals surface area contributed by atoms with Crippen molar-refractivity contribution < 1.29 is 17.9 Å². The molecule has 1 N–H and O–H groups in total. The van der Waals surface area contributed by atoms with Crippen molar-refractivity contribution in [3.8, 4) is 0 Å². The van der Waals surface area contributed by atoms with Gasteiger partial charge in [0.05, 0.1) is 6.54 Å². The summed E-state index contributed by atoms with van der Waals surface area (Å²) in [5.74, 6) is 0.269. The zero-order chi connectivity index (χ0) is 14.5. The lowest BCUT2D eigenvalue weighted by Crippen LogP contribution is -2.38. The van der Waals surface area contributed by atoms with Crippen molar-refractivity contribution in [1.29, 1.82) is 0 Å². The predicted octanol–water partition coefficient (Wildman–Crippen LogP) is -0.0502. The molecule has 8 nitrogen and oxygen atoms in total. The van der Waals surface area contributed by atoms with Gasteiger partial charge in [-0.1, -0.05) is 12.7 Å². The van der Waals surface area contributed by atoms with Crippen LogP contribution < -0.4 is 5.32 Å². The number of nitrogens with one attached hydrogen (secondary N) is 1. The third-order valence-corrected chi connectivity index (χ3v) is 3.86. The van der Waals surface area contributed by atoms with Gasteiger partial charge in [-0.05, 0) is 7.05 Å². The smallest absolute Gasteiger partial charge is 0.425 e. The van der Waals surface area contributed by atoms with E-state index in [0.29, 0.717) is 4.31 Å². The molecular weight excluding hydrogens is 272 g/mol. The van der Waals surface area contributed by atoms with Crippen molar-refractivity contribution in [1.82, 2.24) is 18.6 Å². The Bertz CT molecular complexity index is 552. The maximum atomic E-state index is 12.2. The molecule has 19 heavy (non-hydrogen) atoms. The first-order valence-corrected chi connectivity index (χ1v) is 6.78. The summed E-state index contributed by atoms with van der Waals surface area (Å²) in [4.78, 5) is 15.4. The van der Waals surface area contributed by atoms with Gasteiger partial charge < -0.3 is 10.1 Å². The van der Waals surface area contributed by atoms with E-state index in [-0.39, 0.29) is 19.0 Å². The summed E-state index contributed by atoms with van der Waals surface area (Å²) in [5.41, 5.74) is 0. The molecule has 0 saturated heterocycles. The van der Waals surface area contributed by atoms with Gasteiger partial charge in [-0.25, -0.2) is 13.8 Å². The molecule has 0 aliphatic carbocycles. The minimum atomic E-state index is -4.04. The average molecular weight is 288 g/mol. The molecule has 0 aromatic carbocycles. The number of hydrogen-bond acceptors (Lipinski definition) is 6. The minimum absolute atomic E-state index is 0.0635. The lowest BCUT2D eigenvalue weighted by molar-refractivity contribution is 0.142. The lowest BCUT2D eigenvalue weighted by atomic mass is 10.6. The molecule has 0 fully saturated rings. The van der Waals surface area contributed by atoms with Crippen LogP contribution in [0.25, 0.3) is 0 Å². The molecule has 106 valence electrons. The second-order valence-electron chi connectivity index (χ2n) is 3.51. The van der Waals surface area contributed by atoms with Gasteiger partial charge in [0.15, 0.2) is 0 Å². The Kier molecular flexibility index (Phi) is 5.07. The number of rotatable bonds is 6. The van der Waals surface area contributed by atoms with Crippen molar-refractivity contribution >= 4 is 16.3 Å². The van der Waals surface area contributed by atoms with E-state index in [1.54, 1.807) is 7.05 Å². The summed E-state index contributed by atoms with van der Waals surface area (Å²) >= 11 is 0. The Balaban J connectivity index is 2.99. The van der Waals surface area contributed by atoms with Crippen LogP contribution in [0.4, 0.5) is 4.79 Å². The molecule has 9 heteroatoms. The second-order valence-corrected chi connectivity index (χ2v) is 5.35. The maximum absolute atomic E-state index is 12.2. The van der Waals surface area contributed by atoms with Gasteiger partial charge in [0.25, 0.3) is 0 Å². The van der Waals surface area contributed by atoms with E-state index < -0.39 is 16.3 Å². The summed E-state index contributed by atoms with van der Waals surface area (Å²) in [6, 6.07) is 0. The summed E-state index contributed by atoms with van der Waals surface area (Å²) in [6.45, 7) is 3.56. The Labute approximate surface area is 111 Å². The van der Waals surface area contributed by atoms with E-state index in [4.69, 9.17) is 0 Å². The zero-order valence-electron chi connectivity index (χ0n) is 10.7. The number of hydrogen-bond donors (Lipinski definition) is 1. The average Bonchev–Trinajstić information content (AvgIpc) is 2.84. The predicted molar refractivity (Wildman–Crippen MR) is 68.6 cm³/mol. The van der Waals surface area contributed by atoms with Crippen LogP contribution in [0.15, 0.2) is 25.0 Å². The van der Waals surface area contributed by atoms with Gasteiger partial charge in [0.1, 0.15) is 12.4 Å². The molecule has 1 heterocycles. The highest BCUT2D eigenvalue weighted by atomic mass is 32.2. The molecule has 0 aliphatic heterocycles. The topological polar surface area (TPSA) is 93.5 Å². The third-order valence-electron chi connectivity index (χ3n) is 2.19. The largest absolute Gasteiger partial charge is 0.444 e. The molecule has 1 rings (SSSR count). The molecule has 1 aromatic rings. The lowest BCUT2D eigenvalue weighted by Gasteiger charge is -2.18. The molecule has 0 radical (unpaired) electrons. The van der Waals surface area contributed by atoms with Gasteiger partial charge >= 0.3 is 16.3 Å². The van der Waals surface area contributed by atoms with Crippen LogP contribution in [0.2, 0.25) is 0 Å². The van der Waals surface area contributed by atoms with Crippen LogP contribution in [0.5, 0.6) is 0 Å². The number of amides is 1. The molecule has 0 bridgehead atoms. The monoisotopic (exact) mass is 288 g/mol. The molecular formula is C10H16N4O4S. The fraction of sp³-hybridized carbons (Fsp3) is 0.400. The highest BCUT2D eigenvalue weighted by molar-refractivity contribution is 7.88. The summed E-state index contributed by atoms with van der Waals surface area (Å²) in [5, 5.41) is 2.79. The van der Waals surface area contributed by atoms with Crippen LogP contribution in [0.3, 0.4) is 0 Å². The quantitative estimate of drug-likeness (QED) is 0.738. The van der Waals surface area contributed by atoms with Crippen LogP contribution in [0, 0.1) is 0 Å². The molecule has 0 spiro atoms. The number of carbonyl (C=O) groups is 1.